The molecule has 38 heavy (non-hydrogen) atoms. The molecule has 2 aliphatic heterocycles. The summed E-state index contributed by atoms with van der Waals surface area (Å²) in [6.07, 6.45) is -1.01. The summed E-state index contributed by atoms with van der Waals surface area (Å²) in [4.78, 5) is 47.8. The number of halogens is 4. The lowest BCUT2D eigenvalue weighted by Crippen LogP contribution is -2.37. The number of ether oxygens (including phenoxy) is 1. The van der Waals surface area contributed by atoms with Crippen LogP contribution >= 0.6 is 0 Å². The first-order valence-electron chi connectivity index (χ1n) is 11.6. The number of amides is 4. The van der Waals surface area contributed by atoms with E-state index >= 15 is 8.78 Å². The molecule has 11 nitrogen and oxygen atoms in total. The summed E-state index contributed by atoms with van der Waals surface area (Å²) in [5.41, 5.74) is -1.21. The Morgan fingerprint density at radius 3 is 2.50 bits per heavy atom. The van der Waals surface area contributed by atoms with Gasteiger partial charge in [0.1, 0.15) is 5.69 Å². The van der Waals surface area contributed by atoms with Gasteiger partial charge in [0.2, 0.25) is 0 Å². The normalized spacial score (nSPS) is 22.9. The first-order chi connectivity index (χ1) is 18.2. The van der Waals surface area contributed by atoms with Gasteiger partial charge in [0, 0.05) is 49.7 Å². The number of carbonyl (C=O) groups excluding carboxylic acids is 3. The lowest BCUT2D eigenvalue weighted by atomic mass is 10.2. The van der Waals surface area contributed by atoms with Crippen LogP contribution in [0, 0.1) is 11.6 Å². The fourth-order valence-corrected chi connectivity index (χ4v) is 4.45. The monoisotopic (exact) mass is 538 g/mol. The number of alkyl halides is 2. The topological polar surface area (TPSA) is 116 Å². The number of nitrogens with zero attached hydrogens (tertiary/aromatic N) is 4. The summed E-state index contributed by atoms with van der Waals surface area (Å²) in [5.74, 6) is -3.40. The zero-order valence-corrected chi connectivity index (χ0v) is 19.7. The molecule has 5 rings (SSSR count). The Labute approximate surface area is 213 Å². The molecule has 0 radical (unpaired) electrons. The Kier molecular flexibility index (Phi) is 6.69. The fourth-order valence-electron chi connectivity index (χ4n) is 4.45. The number of anilines is 3. The molecule has 1 saturated carbocycles. The molecule has 3 fully saturated rings. The first-order valence-corrected chi connectivity index (χ1v) is 11.6. The van der Waals surface area contributed by atoms with Gasteiger partial charge in [0.05, 0.1) is 31.4 Å². The molecule has 4 amide bonds. The van der Waals surface area contributed by atoms with Crippen molar-refractivity contribution in [1.29, 1.82) is 0 Å². The minimum Gasteiger partial charge on any atom is -0.438 e. The van der Waals surface area contributed by atoms with Gasteiger partial charge >= 0.3 is 18.5 Å². The number of carbonyl (C=O) groups is 3. The Morgan fingerprint density at radius 1 is 1.11 bits per heavy atom. The molecule has 15 heteroatoms. The number of aromatic nitrogens is 1. The van der Waals surface area contributed by atoms with Gasteiger partial charge < -0.3 is 20.3 Å². The van der Waals surface area contributed by atoms with Gasteiger partial charge in [0.15, 0.2) is 17.2 Å². The maximum absolute atomic E-state index is 15.2. The maximum atomic E-state index is 15.2. The van der Waals surface area contributed by atoms with Crippen molar-refractivity contribution in [2.45, 2.75) is 24.5 Å². The van der Waals surface area contributed by atoms with E-state index in [-0.39, 0.29) is 50.6 Å². The van der Waals surface area contributed by atoms with Gasteiger partial charge in [-0.2, -0.15) is 8.78 Å². The molecule has 0 bridgehead atoms. The van der Waals surface area contributed by atoms with Crippen LogP contribution in [0.4, 0.5) is 44.2 Å². The second kappa shape index (κ2) is 9.96. The molecular formula is C23H22F4N6O5. The average molecular weight is 538 g/mol. The number of nitrogens with one attached hydrogen (secondary N) is 2. The lowest BCUT2D eigenvalue weighted by Gasteiger charge is -2.24. The van der Waals surface area contributed by atoms with E-state index in [2.05, 4.69) is 15.6 Å². The molecule has 2 atom stereocenters. The second-order valence-corrected chi connectivity index (χ2v) is 8.93. The van der Waals surface area contributed by atoms with Crippen molar-refractivity contribution in [3.8, 4) is 0 Å². The molecule has 2 N–H and O–H groups in total. The SMILES string of the molecule is O=C(N[C@H]1C[C@]12CN(c1cc(F)c(N3CCON(C(=O)Nc4ccncc4)CC3)c(F)c1)C(=O)O2)C(F)F. The summed E-state index contributed by atoms with van der Waals surface area (Å²) in [7, 11) is 0. The van der Waals surface area contributed by atoms with Crippen molar-refractivity contribution in [2.24, 2.45) is 0 Å². The number of hydrogen-bond acceptors (Lipinski definition) is 7. The highest BCUT2D eigenvalue weighted by Crippen LogP contribution is 2.46. The van der Waals surface area contributed by atoms with Crippen LogP contribution in [0.3, 0.4) is 0 Å². The van der Waals surface area contributed by atoms with Crippen LogP contribution in [-0.2, 0) is 14.4 Å². The van der Waals surface area contributed by atoms with E-state index < -0.39 is 47.7 Å². The molecule has 3 heterocycles. The largest absolute Gasteiger partial charge is 0.438 e. The summed E-state index contributed by atoms with van der Waals surface area (Å²) < 4.78 is 60.6. The van der Waals surface area contributed by atoms with Crippen molar-refractivity contribution in [2.75, 3.05) is 47.9 Å². The summed E-state index contributed by atoms with van der Waals surface area (Å²) >= 11 is 0. The Morgan fingerprint density at radius 2 is 1.82 bits per heavy atom. The molecule has 1 spiro atoms. The molecule has 3 aliphatic rings. The average Bonchev–Trinajstić information content (AvgIpc) is 3.50. The molecule has 1 aliphatic carbocycles. The van der Waals surface area contributed by atoms with Crippen LogP contribution in [0.1, 0.15) is 6.42 Å². The minimum atomic E-state index is -3.22. The van der Waals surface area contributed by atoms with Gasteiger partial charge in [-0.25, -0.2) is 23.4 Å². The van der Waals surface area contributed by atoms with Gasteiger partial charge in [-0.1, -0.05) is 0 Å². The number of hydroxylamine groups is 2. The summed E-state index contributed by atoms with van der Waals surface area (Å²) in [5, 5.41) is 5.78. The Balaban J connectivity index is 1.24. The molecule has 2 aromatic rings. The van der Waals surface area contributed by atoms with Crippen LogP contribution in [0.2, 0.25) is 0 Å². The number of benzene rings is 1. The molecule has 1 aromatic heterocycles. The third-order valence-electron chi connectivity index (χ3n) is 6.44. The Hall–Kier alpha value is -4.14. The van der Waals surface area contributed by atoms with Crippen LogP contribution in [0.15, 0.2) is 36.7 Å². The van der Waals surface area contributed by atoms with E-state index in [1.807, 2.05) is 0 Å². The zero-order valence-electron chi connectivity index (χ0n) is 19.7. The molecule has 1 aromatic carbocycles. The molecule has 0 unspecified atom stereocenters. The highest BCUT2D eigenvalue weighted by atomic mass is 19.3. The van der Waals surface area contributed by atoms with E-state index in [0.717, 1.165) is 22.1 Å². The summed E-state index contributed by atoms with van der Waals surface area (Å²) in [6.45, 7) is -0.0668. The van der Waals surface area contributed by atoms with Crippen molar-refractivity contribution in [3.63, 3.8) is 0 Å². The minimum absolute atomic E-state index is 0.00421. The van der Waals surface area contributed by atoms with E-state index in [4.69, 9.17) is 9.57 Å². The highest BCUT2D eigenvalue weighted by molar-refractivity contribution is 5.92. The van der Waals surface area contributed by atoms with E-state index in [1.54, 1.807) is 12.1 Å². The molecule has 2 saturated heterocycles. The quantitative estimate of drug-likeness (QED) is 0.562. The van der Waals surface area contributed by atoms with Gasteiger partial charge in [-0.3, -0.25) is 19.5 Å². The molecule has 202 valence electrons. The van der Waals surface area contributed by atoms with Crippen molar-refractivity contribution in [1.82, 2.24) is 15.4 Å². The summed E-state index contributed by atoms with van der Waals surface area (Å²) in [6, 6.07) is 3.74. The number of urea groups is 1. The number of rotatable bonds is 5. The third-order valence-corrected chi connectivity index (χ3v) is 6.44. The van der Waals surface area contributed by atoms with Crippen LogP contribution in [0.5, 0.6) is 0 Å². The maximum Gasteiger partial charge on any atom is 0.415 e. The van der Waals surface area contributed by atoms with Gasteiger partial charge in [0.25, 0.3) is 5.91 Å². The molecular weight excluding hydrogens is 516 g/mol. The van der Waals surface area contributed by atoms with Gasteiger partial charge in [-0.05, 0) is 12.1 Å². The number of hydrogen-bond donors (Lipinski definition) is 2. The van der Waals surface area contributed by atoms with Crippen molar-refractivity contribution in [3.05, 3.63) is 48.3 Å². The smallest absolute Gasteiger partial charge is 0.415 e. The number of pyridine rings is 1. The highest BCUT2D eigenvalue weighted by Gasteiger charge is 2.64. The predicted molar refractivity (Wildman–Crippen MR) is 124 cm³/mol. The fraction of sp³-hybridized carbons (Fsp3) is 0.391. The predicted octanol–water partition coefficient (Wildman–Crippen LogP) is 2.49. The van der Waals surface area contributed by atoms with E-state index in [9.17, 15) is 23.2 Å². The second-order valence-electron chi connectivity index (χ2n) is 8.93. The van der Waals surface area contributed by atoms with Crippen molar-refractivity contribution >= 4 is 35.1 Å². The zero-order chi connectivity index (χ0) is 27.0. The van der Waals surface area contributed by atoms with Gasteiger partial charge in [-0.15, -0.1) is 0 Å². The standard InChI is InChI=1S/C23H22F4N6O5/c24-15-9-14(32-12-23(38-22(32)36)11-17(23)30-20(34)19(26)27)10-16(25)18(15)31-5-6-33(37-8-7-31)21(35)29-13-1-3-28-4-2-13/h1-4,9-10,17,19H,5-8,11-12H2,(H,30,34)(H,28,29,35)/t17-,23-/m0/s1. The third kappa shape index (κ3) is 5.01. The Bertz CT molecular complexity index is 1230. The first kappa shape index (κ1) is 25.5. The van der Waals surface area contributed by atoms with E-state index in [1.165, 1.54) is 17.3 Å². The van der Waals surface area contributed by atoms with E-state index in [0.29, 0.717) is 5.69 Å². The van der Waals surface area contributed by atoms with Crippen LogP contribution in [0.25, 0.3) is 0 Å². The van der Waals surface area contributed by atoms with Crippen LogP contribution < -0.4 is 20.4 Å². The van der Waals surface area contributed by atoms with Crippen molar-refractivity contribution < 1.29 is 41.5 Å². The van der Waals surface area contributed by atoms with Crippen LogP contribution in [-0.4, -0.2) is 78.9 Å². The lowest BCUT2D eigenvalue weighted by molar-refractivity contribution is -0.132.